The summed E-state index contributed by atoms with van der Waals surface area (Å²) >= 11 is 0. The molecule has 2 atom stereocenters. The Morgan fingerprint density at radius 1 is 1.00 bits per heavy atom. The first kappa shape index (κ1) is 19.3. The smallest absolute Gasteiger partial charge is 0.225 e. The number of piperazine rings is 1. The number of anilines is 1. The molecule has 2 saturated heterocycles. The Morgan fingerprint density at radius 2 is 1.68 bits per heavy atom. The number of hydrogen-bond acceptors (Lipinski definition) is 6. The van der Waals surface area contributed by atoms with Gasteiger partial charge in [-0.05, 0) is 51.0 Å². The minimum atomic E-state index is 0.558. The van der Waals surface area contributed by atoms with Crippen molar-refractivity contribution in [2.75, 3.05) is 18.0 Å². The zero-order valence-corrected chi connectivity index (χ0v) is 17.6. The Morgan fingerprint density at radius 3 is 2.29 bits per heavy atom. The first-order chi connectivity index (χ1) is 13.5. The summed E-state index contributed by atoms with van der Waals surface area (Å²) in [6.45, 7) is 12.1. The molecule has 2 fully saturated rings. The van der Waals surface area contributed by atoms with Gasteiger partial charge in [0.2, 0.25) is 5.95 Å². The highest BCUT2D eigenvalue weighted by atomic mass is 15.4. The molecule has 0 amide bonds. The zero-order chi connectivity index (χ0) is 19.7. The highest BCUT2D eigenvalue weighted by Gasteiger charge is 2.41. The Bertz CT molecular complexity index is 753. The summed E-state index contributed by atoms with van der Waals surface area (Å²) in [6, 6.07) is 1.73. The second-order valence-corrected chi connectivity index (χ2v) is 9.06. The van der Waals surface area contributed by atoms with E-state index < -0.39 is 0 Å². The number of fused-ring (bicyclic) bond motifs is 2. The average Bonchev–Trinajstić information content (AvgIpc) is 3.21. The van der Waals surface area contributed by atoms with Crippen molar-refractivity contribution in [1.29, 1.82) is 0 Å². The molecule has 2 aliphatic heterocycles. The molecule has 28 heavy (non-hydrogen) atoms. The van der Waals surface area contributed by atoms with Gasteiger partial charge in [-0.15, -0.1) is 5.10 Å². The molecule has 2 unspecified atom stereocenters. The Hall–Kier alpha value is -2.02. The summed E-state index contributed by atoms with van der Waals surface area (Å²) in [4.78, 5) is 14.5. The number of hydrogen-bond donors (Lipinski definition) is 0. The van der Waals surface area contributed by atoms with Gasteiger partial charge in [0.25, 0.3) is 0 Å². The van der Waals surface area contributed by atoms with E-state index in [9.17, 15) is 0 Å². The number of aromatic nitrogens is 5. The second kappa shape index (κ2) is 8.15. The molecule has 0 aliphatic carbocycles. The molecule has 2 aromatic rings. The molecule has 0 radical (unpaired) electrons. The van der Waals surface area contributed by atoms with Crippen LogP contribution in [0.5, 0.6) is 0 Å². The fraction of sp³-hybridized carbons (Fsp3) is 0.714. The maximum Gasteiger partial charge on any atom is 0.225 e. The van der Waals surface area contributed by atoms with Crippen molar-refractivity contribution in [3.63, 3.8) is 0 Å². The van der Waals surface area contributed by atoms with Crippen molar-refractivity contribution in [2.24, 2.45) is 5.92 Å². The quantitative estimate of drug-likeness (QED) is 0.732. The molecule has 4 rings (SSSR count). The van der Waals surface area contributed by atoms with Crippen LogP contribution in [0.1, 0.15) is 51.8 Å². The van der Waals surface area contributed by atoms with Crippen molar-refractivity contribution in [3.8, 4) is 0 Å². The first-order valence-electron chi connectivity index (χ1n) is 10.7. The van der Waals surface area contributed by atoms with Crippen LogP contribution in [-0.2, 0) is 19.4 Å². The minimum absolute atomic E-state index is 0.558. The van der Waals surface area contributed by atoms with Gasteiger partial charge in [0.15, 0.2) is 0 Å². The summed E-state index contributed by atoms with van der Waals surface area (Å²) in [5.41, 5.74) is 2.20. The third-order valence-electron chi connectivity index (χ3n) is 5.97. The topological polar surface area (TPSA) is 63.0 Å². The lowest BCUT2D eigenvalue weighted by Gasteiger charge is -2.42. The lowest BCUT2D eigenvalue weighted by Crippen LogP contribution is -2.56. The average molecular weight is 384 g/mol. The van der Waals surface area contributed by atoms with E-state index in [-0.39, 0.29) is 0 Å². The van der Waals surface area contributed by atoms with Gasteiger partial charge in [-0.2, -0.15) is 0 Å². The van der Waals surface area contributed by atoms with Crippen molar-refractivity contribution in [3.05, 3.63) is 29.8 Å². The first-order valence-corrected chi connectivity index (χ1v) is 10.7. The highest BCUT2D eigenvalue weighted by molar-refractivity contribution is 5.38. The predicted octanol–water partition coefficient (Wildman–Crippen LogP) is 2.57. The fourth-order valence-corrected chi connectivity index (χ4v) is 4.48. The van der Waals surface area contributed by atoms with Crippen LogP contribution in [-0.4, -0.2) is 61.1 Å². The van der Waals surface area contributed by atoms with E-state index in [1.165, 1.54) is 12.8 Å². The van der Waals surface area contributed by atoms with Gasteiger partial charge in [0, 0.05) is 56.4 Å². The summed E-state index contributed by atoms with van der Waals surface area (Å²) in [5, 5.41) is 8.49. The van der Waals surface area contributed by atoms with Gasteiger partial charge in [-0.3, -0.25) is 9.58 Å². The number of rotatable bonds is 7. The maximum atomic E-state index is 4.73. The van der Waals surface area contributed by atoms with Crippen LogP contribution in [0.4, 0.5) is 5.95 Å². The van der Waals surface area contributed by atoms with Crippen molar-refractivity contribution in [2.45, 2.75) is 78.0 Å². The summed E-state index contributed by atoms with van der Waals surface area (Å²) < 4.78 is 1.94. The van der Waals surface area contributed by atoms with Gasteiger partial charge >= 0.3 is 0 Å². The summed E-state index contributed by atoms with van der Waals surface area (Å²) in [7, 11) is 0. The van der Waals surface area contributed by atoms with Gasteiger partial charge in [-0.25, -0.2) is 9.97 Å². The van der Waals surface area contributed by atoms with Crippen molar-refractivity contribution < 1.29 is 0 Å². The van der Waals surface area contributed by atoms with Gasteiger partial charge < -0.3 is 4.90 Å². The molecular weight excluding hydrogens is 350 g/mol. The third kappa shape index (κ3) is 4.19. The number of nitrogens with zero attached hydrogens (tertiary/aromatic N) is 7. The number of likely N-dealkylation sites (tertiary alicyclic amines) is 1. The SMILES string of the molecule is CC(C)Cn1cc(CCc2cnc(N3C4CCC3CN(C(C)C)C4)nc2)nn1. The molecule has 0 aromatic carbocycles. The molecule has 0 saturated carbocycles. The van der Waals surface area contributed by atoms with Crippen molar-refractivity contribution in [1.82, 2.24) is 29.9 Å². The van der Waals surface area contributed by atoms with Gasteiger partial charge in [0.05, 0.1) is 5.69 Å². The van der Waals surface area contributed by atoms with E-state index in [0.717, 1.165) is 49.7 Å². The molecule has 7 heteroatoms. The second-order valence-electron chi connectivity index (χ2n) is 9.06. The predicted molar refractivity (Wildman–Crippen MR) is 110 cm³/mol. The third-order valence-corrected chi connectivity index (χ3v) is 5.97. The van der Waals surface area contributed by atoms with Gasteiger partial charge in [-0.1, -0.05) is 19.1 Å². The van der Waals surface area contributed by atoms with E-state index >= 15 is 0 Å². The van der Waals surface area contributed by atoms with Crippen LogP contribution in [0.2, 0.25) is 0 Å². The lowest BCUT2D eigenvalue weighted by molar-refractivity contribution is 0.176. The molecule has 0 N–H and O–H groups in total. The highest BCUT2D eigenvalue weighted by Crippen LogP contribution is 2.33. The molecule has 152 valence electrons. The monoisotopic (exact) mass is 383 g/mol. The van der Waals surface area contributed by atoms with Crippen LogP contribution in [0.15, 0.2) is 18.6 Å². The minimum Gasteiger partial charge on any atom is -0.332 e. The van der Waals surface area contributed by atoms with E-state index in [1.54, 1.807) is 0 Å². The molecule has 0 spiro atoms. The molecular formula is C21H33N7. The van der Waals surface area contributed by atoms with Crippen LogP contribution < -0.4 is 4.90 Å². The van der Waals surface area contributed by atoms with Crippen LogP contribution in [0, 0.1) is 5.92 Å². The molecule has 7 nitrogen and oxygen atoms in total. The van der Waals surface area contributed by atoms with Crippen molar-refractivity contribution >= 4 is 5.95 Å². The Labute approximate surface area is 168 Å². The van der Waals surface area contributed by atoms with Crippen LogP contribution in [0.3, 0.4) is 0 Å². The Kier molecular flexibility index (Phi) is 5.62. The molecule has 2 aliphatic rings. The largest absolute Gasteiger partial charge is 0.332 e. The van der Waals surface area contributed by atoms with E-state index in [1.807, 2.05) is 17.1 Å². The number of aryl methyl sites for hydroxylation is 2. The molecule has 2 aromatic heterocycles. The summed E-state index contributed by atoms with van der Waals surface area (Å²) in [5.74, 6) is 1.48. The lowest BCUT2D eigenvalue weighted by atomic mass is 10.1. The van der Waals surface area contributed by atoms with Crippen LogP contribution >= 0.6 is 0 Å². The van der Waals surface area contributed by atoms with Crippen LogP contribution in [0.25, 0.3) is 0 Å². The van der Waals surface area contributed by atoms with E-state index in [4.69, 9.17) is 9.97 Å². The standard InChI is InChI=1S/C21H33N7/c1-15(2)11-27-12-18(24-25-27)6-5-17-9-22-21(23-10-17)28-19-7-8-20(28)14-26(13-19)16(3)4/h9-10,12,15-16,19-20H,5-8,11,13-14H2,1-4H3. The molecule has 2 bridgehead atoms. The maximum absolute atomic E-state index is 4.73. The normalized spacial score (nSPS) is 22.6. The van der Waals surface area contributed by atoms with Gasteiger partial charge in [0.1, 0.15) is 0 Å². The Balaban J connectivity index is 1.35. The molecule has 4 heterocycles. The zero-order valence-electron chi connectivity index (χ0n) is 17.6. The van der Waals surface area contributed by atoms with E-state index in [0.29, 0.717) is 24.0 Å². The summed E-state index contributed by atoms with van der Waals surface area (Å²) in [6.07, 6.45) is 10.3. The fourth-order valence-electron chi connectivity index (χ4n) is 4.48. The van der Waals surface area contributed by atoms with E-state index in [2.05, 4.69) is 54.0 Å².